The molecule has 0 fully saturated rings. The summed E-state index contributed by atoms with van der Waals surface area (Å²) in [4.78, 5) is 4.40. The van der Waals surface area contributed by atoms with Crippen LogP contribution < -0.4 is 5.32 Å². The van der Waals surface area contributed by atoms with Gasteiger partial charge in [-0.3, -0.25) is 0 Å². The van der Waals surface area contributed by atoms with Gasteiger partial charge >= 0.3 is 0 Å². The second kappa shape index (κ2) is 6.63. The fraction of sp³-hybridized carbons (Fsp3) is 0.750. The molecule has 0 aliphatic rings. The van der Waals surface area contributed by atoms with Crippen molar-refractivity contribution in [2.24, 2.45) is 0 Å². The second-order valence-corrected chi connectivity index (χ2v) is 8.12. The van der Waals surface area contributed by atoms with Crippen molar-refractivity contribution in [2.45, 2.75) is 44.9 Å². The maximum Gasteiger partial charge on any atom is 0.156 e. The number of rotatable bonds is 7. The van der Waals surface area contributed by atoms with E-state index in [-0.39, 0.29) is 0 Å². The average molecular weight is 290 g/mol. The van der Waals surface area contributed by atoms with Crippen molar-refractivity contribution in [3.05, 3.63) is 16.1 Å². The van der Waals surface area contributed by atoms with E-state index in [1.54, 1.807) is 6.92 Å². The molecule has 0 saturated heterocycles. The summed E-state index contributed by atoms with van der Waals surface area (Å²) in [5, 5.41) is 5.52. The Kier molecular flexibility index (Phi) is 5.75. The van der Waals surface area contributed by atoms with Crippen molar-refractivity contribution < 1.29 is 8.42 Å². The third kappa shape index (κ3) is 5.04. The van der Waals surface area contributed by atoms with Crippen molar-refractivity contribution in [1.82, 2.24) is 10.3 Å². The van der Waals surface area contributed by atoms with Gasteiger partial charge in [-0.25, -0.2) is 13.4 Å². The van der Waals surface area contributed by atoms with E-state index in [0.29, 0.717) is 11.0 Å². The van der Waals surface area contributed by atoms with E-state index in [0.717, 1.165) is 25.1 Å². The summed E-state index contributed by atoms with van der Waals surface area (Å²) in [5.41, 5.74) is 0.996. The zero-order valence-electron chi connectivity index (χ0n) is 11.4. The molecule has 1 unspecified atom stereocenters. The normalized spacial score (nSPS) is 14.1. The van der Waals surface area contributed by atoms with Gasteiger partial charge in [-0.2, -0.15) is 0 Å². The van der Waals surface area contributed by atoms with Crippen molar-refractivity contribution in [2.75, 3.05) is 12.8 Å². The van der Waals surface area contributed by atoms with Gasteiger partial charge in [-0.15, -0.1) is 11.3 Å². The van der Waals surface area contributed by atoms with Crippen LogP contribution in [-0.4, -0.2) is 32.2 Å². The van der Waals surface area contributed by atoms with Gasteiger partial charge in [0.25, 0.3) is 0 Å². The van der Waals surface area contributed by atoms with Crippen molar-refractivity contribution in [1.29, 1.82) is 0 Å². The lowest BCUT2D eigenvalue weighted by molar-refractivity contribution is 0.568. The topological polar surface area (TPSA) is 59.1 Å². The molecule has 0 aliphatic heterocycles. The van der Waals surface area contributed by atoms with Crippen LogP contribution in [0.25, 0.3) is 0 Å². The molecule has 18 heavy (non-hydrogen) atoms. The molecule has 0 radical (unpaired) electrons. The lowest BCUT2D eigenvalue weighted by atomic mass is 10.2. The molecular formula is C12H22N2O2S2. The Morgan fingerprint density at radius 3 is 2.61 bits per heavy atom. The summed E-state index contributed by atoms with van der Waals surface area (Å²) in [6, 6.07) is 0.501. The van der Waals surface area contributed by atoms with Gasteiger partial charge in [0.1, 0.15) is 10.3 Å². The van der Waals surface area contributed by atoms with Crippen LogP contribution >= 0.6 is 11.3 Å². The van der Waals surface area contributed by atoms with Gasteiger partial charge in [-0.1, -0.05) is 13.8 Å². The highest BCUT2D eigenvalue weighted by molar-refractivity contribution is 7.91. The first-order valence-electron chi connectivity index (χ1n) is 6.17. The first-order chi connectivity index (χ1) is 8.30. The number of hydrogen-bond donors (Lipinski definition) is 1. The summed E-state index contributed by atoms with van der Waals surface area (Å²) in [7, 11) is -3.04. The van der Waals surface area contributed by atoms with E-state index in [2.05, 4.69) is 24.1 Å². The van der Waals surface area contributed by atoms with Crippen molar-refractivity contribution in [3.63, 3.8) is 0 Å². The maximum atomic E-state index is 11.4. The van der Waals surface area contributed by atoms with E-state index < -0.39 is 15.1 Å². The highest BCUT2D eigenvalue weighted by Gasteiger charge is 2.20. The lowest BCUT2D eigenvalue weighted by Crippen LogP contribution is -2.23. The average Bonchev–Trinajstić information content (AvgIpc) is 2.70. The molecule has 1 rings (SSSR count). The largest absolute Gasteiger partial charge is 0.315 e. The minimum Gasteiger partial charge on any atom is -0.315 e. The van der Waals surface area contributed by atoms with Crippen molar-refractivity contribution in [3.8, 4) is 0 Å². The molecule has 1 atom stereocenters. The van der Waals surface area contributed by atoms with Gasteiger partial charge in [0, 0.05) is 17.7 Å². The molecule has 1 aromatic rings. The van der Waals surface area contributed by atoms with Crippen LogP contribution in [0.3, 0.4) is 0 Å². The van der Waals surface area contributed by atoms with Gasteiger partial charge in [0.2, 0.25) is 0 Å². The summed E-state index contributed by atoms with van der Waals surface area (Å²) in [5.74, 6) is 0. The SMILES string of the molecule is CC(C)NCCCc1csc(C(C)S(C)(=O)=O)n1. The number of sulfone groups is 1. The maximum absolute atomic E-state index is 11.4. The van der Waals surface area contributed by atoms with E-state index in [9.17, 15) is 8.42 Å². The highest BCUT2D eigenvalue weighted by Crippen LogP contribution is 2.24. The van der Waals surface area contributed by atoms with Crippen LogP contribution in [-0.2, 0) is 16.3 Å². The molecule has 1 aromatic heterocycles. The summed E-state index contributed by atoms with van der Waals surface area (Å²) >= 11 is 1.44. The van der Waals surface area contributed by atoms with Crippen LogP contribution in [0.1, 0.15) is 43.1 Å². The monoisotopic (exact) mass is 290 g/mol. The number of thiazole rings is 1. The molecule has 4 nitrogen and oxygen atoms in total. The number of aryl methyl sites for hydroxylation is 1. The smallest absolute Gasteiger partial charge is 0.156 e. The molecule has 6 heteroatoms. The first-order valence-corrected chi connectivity index (χ1v) is 9.00. The number of nitrogens with one attached hydrogen (secondary N) is 1. The van der Waals surface area contributed by atoms with Crippen LogP contribution in [0, 0.1) is 0 Å². The third-order valence-corrected chi connectivity index (χ3v) is 5.45. The van der Waals surface area contributed by atoms with Gasteiger partial charge in [0.15, 0.2) is 9.84 Å². The Hall–Kier alpha value is -0.460. The van der Waals surface area contributed by atoms with E-state index in [1.807, 2.05) is 5.38 Å². The van der Waals surface area contributed by atoms with Crippen LogP contribution in [0.4, 0.5) is 0 Å². The van der Waals surface area contributed by atoms with Crippen LogP contribution in [0.5, 0.6) is 0 Å². The van der Waals surface area contributed by atoms with Crippen molar-refractivity contribution >= 4 is 21.2 Å². The minimum atomic E-state index is -3.04. The molecule has 0 amide bonds. The summed E-state index contributed by atoms with van der Waals surface area (Å²) < 4.78 is 22.9. The highest BCUT2D eigenvalue weighted by atomic mass is 32.2. The third-order valence-electron chi connectivity index (χ3n) is 2.72. The molecule has 0 aliphatic carbocycles. The fourth-order valence-corrected chi connectivity index (χ4v) is 3.37. The minimum absolute atomic E-state index is 0.495. The lowest BCUT2D eigenvalue weighted by Gasteiger charge is -2.06. The first kappa shape index (κ1) is 15.6. The van der Waals surface area contributed by atoms with Gasteiger partial charge in [-0.05, 0) is 26.3 Å². The summed E-state index contributed by atoms with van der Waals surface area (Å²) in [6.45, 7) is 6.90. The Labute approximate surface area is 114 Å². The Balaban J connectivity index is 2.49. The molecular weight excluding hydrogens is 268 g/mol. The number of hydrogen-bond acceptors (Lipinski definition) is 5. The second-order valence-electron chi connectivity index (χ2n) is 4.86. The standard InChI is InChI=1S/C12H22N2O2S2/c1-9(2)13-7-5-6-11-8-17-12(14-11)10(3)18(4,15)16/h8-10,13H,5-7H2,1-4H3. The Bertz CT molecular complexity index is 466. The van der Waals surface area contributed by atoms with Crippen LogP contribution in [0.2, 0.25) is 0 Å². The zero-order valence-corrected chi connectivity index (χ0v) is 13.1. The summed E-state index contributed by atoms with van der Waals surface area (Å²) in [6.07, 6.45) is 3.17. The zero-order chi connectivity index (χ0) is 13.8. The Morgan fingerprint density at radius 1 is 1.39 bits per heavy atom. The van der Waals surface area contributed by atoms with Crippen LogP contribution in [0.15, 0.2) is 5.38 Å². The predicted octanol–water partition coefficient (Wildman–Crippen LogP) is 2.18. The number of nitrogens with zero attached hydrogens (tertiary/aromatic N) is 1. The molecule has 1 N–H and O–H groups in total. The van der Waals surface area contributed by atoms with E-state index >= 15 is 0 Å². The molecule has 104 valence electrons. The van der Waals surface area contributed by atoms with Gasteiger partial charge < -0.3 is 5.32 Å². The van der Waals surface area contributed by atoms with Gasteiger partial charge in [0.05, 0.1) is 5.69 Å². The Morgan fingerprint density at radius 2 is 2.06 bits per heavy atom. The predicted molar refractivity (Wildman–Crippen MR) is 76.8 cm³/mol. The number of aromatic nitrogens is 1. The molecule has 0 aromatic carbocycles. The fourth-order valence-electron chi connectivity index (χ4n) is 1.47. The molecule has 0 saturated carbocycles. The molecule has 0 bridgehead atoms. The molecule has 0 spiro atoms. The quantitative estimate of drug-likeness (QED) is 0.782. The molecule has 1 heterocycles. The van der Waals surface area contributed by atoms with E-state index in [1.165, 1.54) is 17.6 Å². The van der Waals surface area contributed by atoms with E-state index in [4.69, 9.17) is 0 Å².